The van der Waals surface area contributed by atoms with Crippen LogP contribution in [0.1, 0.15) is 5.56 Å². The summed E-state index contributed by atoms with van der Waals surface area (Å²) in [6.45, 7) is 0. The number of nitrogens with two attached hydrogens (primary N) is 1. The topological polar surface area (TPSA) is 49.8 Å². The number of nitriles is 1. The molecule has 0 heterocycles. The van der Waals surface area contributed by atoms with Crippen molar-refractivity contribution in [3.05, 3.63) is 25.7 Å². The van der Waals surface area contributed by atoms with Crippen LogP contribution >= 0.6 is 38.5 Å². The number of hydrogen-bond acceptors (Lipinski definition) is 2. The van der Waals surface area contributed by atoms with E-state index in [0.717, 1.165) is 8.04 Å². The lowest BCUT2D eigenvalue weighted by Gasteiger charge is -2.01. The number of nitrogen functional groups attached to an aromatic ring is 1. The van der Waals surface area contributed by atoms with E-state index < -0.39 is 0 Å². The largest absolute Gasteiger partial charge is 0.398 e. The highest BCUT2D eigenvalue weighted by atomic mass is 127. The predicted molar refractivity (Wildman–Crippen MR) is 56.0 cm³/mol. The minimum Gasteiger partial charge on any atom is -0.398 e. The van der Waals surface area contributed by atoms with E-state index in [1.807, 2.05) is 0 Å². The van der Waals surface area contributed by atoms with Gasteiger partial charge in [-0.2, -0.15) is 5.26 Å². The Hall–Kier alpha value is -0.280. The number of nitrogens with zero attached hydrogens (tertiary/aromatic N) is 1. The number of halogens is 2. The monoisotopic (exact) mass is 322 g/mol. The molecule has 11 heavy (non-hydrogen) atoms. The van der Waals surface area contributed by atoms with Crippen molar-refractivity contribution >= 4 is 44.2 Å². The number of benzene rings is 1. The van der Waals surface area contributed by atoms with Gasteiger partial charge < -0.3 is 5.73 Å². The van der Waals surface area contributed by atoms with Gasteiger partial charge in [-0.3, -0.25) is 0 Å². The highest BCUT2D eigenvalue weighted by Crippen LogP contribution is 2.27. The van der Waals surface area contributed by atoms with Crippen LogP contribution in [-0.4, -0.2) is 0 Å². The Labute approximate surface area is 86.7 Å². The predicted octanol–water partition coefficient (Wildman–Crippen LogP) is 2.51. The van der Waals surface area contributed by atoms with Crippen LogP contribution in [0.15, 0.2) is 16.6 Å². The summed E-state index contributed by atoms with van der Waals surface area (Å²) >= 11 is 5.37. The summed E-state index contributed by atoms with van der Waals surface area (Å²) in [6.07, 6.45) is 0. The minimum atomic E-state index is 0.645. The fraction of sp³-hybridized carbons (Fsp3) is 0. The summed E-state index contributed by atoms with van der Waals surface area (Å²) in [5, 5.41) is 8.62. The lowest BCUT2D eigenvalue weighted by molar-refractivity contribution is 1.45. The van der Waals surface area contributed by atoms with E-state index in [0.29, 0.717) is 11.3 Å². The van der Waals surface area contributed by atoms with E-state index in [1.54, 1.807) is 12.1 Å². The highest BCUT2D eigenvalue weighted by molar-refractivity contribution is 14.1. The van der Waals surface area contributed by atoms with Crippen molar-refractivity contribution < 1.29 is 0 Å². The van der Waals surface area contributed by atoms with Crippen molar-refractivity contribution in [3.63, 3.8) is 0 Å². The maximum atomic E-state index is 8.62. The molecule has 0 spiro atoms. The second kappa shape index (κ2) is 3.41. The Kier molecular flexibility index (Phi) is 2.73. The van der Waals surface area contributed by atoms with Crippen LogP contribution in [-0.2, 0) is 0 Å². The van der Waals surface area contributed by atoms with Crippen molar-refractivity contribution in [3.8, 4) is 6.07 Å². The summed E-state index contributed by atoms with van der Waals surface area (Å²) in [5.41, 5.74) is 6.89. The molecule has 1 aromatic carbocycles. The average molecular weight is 323 g/mol. The van der Waals surface area contributed by atoms with Crippen LogP contribution in [0, 0.1) is 14.9 Å². The van der Waals surface area contributed by atoms with E-state index >= 15 is 0 Å². The molecule has 0 amide bonds. The van der Waals surface area contributed by atoms with Gasteiger partial charge in [0, 0.05) is 9.26 Å². The molecule has 0 saturated carbocycles. The fourth-order valence-electron chi connectivity index (χ4n) is 0.651. The molecular weight excluding hydrogens is 319 g/mol. The van der Waals surface area contributed by atoms with Crippen LogP contribution in [0.3, 0.4) is 0 Å². The molecule has 0 aliphatic rings. The summed E-state index contributed by atoms with van der Waals surface area (Å²) in [7, 11) is 0. The van der Waals surface area contributed by atoms with Gasteiger partial charge in [0.25, 0.3) is 0 Å². The van der Waals surface area contributed by atoms with Crippen LogP contribution in [0.4, 0.5) is 5.69 Å². The van der Waals surface area contributed by atoms with Crippen molar-refractivity contribution in [2.45, 2.75) is 0 Å². The summed E-state index contributed by atoms with van der Waals surface area (Å²) in [5.74, 6) is 0. The van der Waals surface area contributed by atoms with E-state index in [9.17, 15) is 0 Å². The molecule has 0 aromatic heterocycles. The van der Waals surface area contributed by atoms with E-state index in [2.05, 4.69) is 44.6 Å². The van der Waals surface area contributed by atoms with E-state index in [-0.39, 0.29) is 0 Å². The second-order valence-corrected chi connectivity index (χ2v) is 3.81. The second-order valence-electron chi connectivity index (χ2n) is 1.94. The zero-order valence-corrected chi connectivity index (χ0v) is 9.18. The van der Waals surface area contributed by atoms with Gasteiger partial charge in [0.15, 0.2) is 0 Å². The molecule has 4 heteroatoms. The number of anilines is 1. The van der Waals surface area contributed by atoms with Gasteiger partial charge in [-0.05, 0) is 50.7 Å². The summed E-state index contributed by atoms with van der Waals surface area (Å²) in [6, 6.07) is 5.49. The van der Waals surface area contributed by atoms with Crippen molar-refractivity contribution in [1.82, 2.24) is 0 Å². The smallest absolute Gasteiger partial charge is 0.100 e. The molecule has 2 nitrogen and oxygen atoms in total. The molecule has 0 saturated heterocycles. The fourth-order valence-corrected chi connectivity index (χ4v) is 1.61. The highest BCUT2D eigenvalue weighted by Gasteiger charge is 2.05. The van der Waals surface area contributed by atoms with E-state index in [4.69, 9.17) is 11.0 Å². The van der Waals surface area contributed by atoms with Gasteiger partial charge in [0.05, 0.1) is 10.0 Å². The van der Waals surface area contributed by atoms with Crippen LogP contribution in [0.2, 0.25) is 0 Å². The number of rotatable bonds is 0. The van der Waals surface area contributed by atoms with Gasteiger partial charge in [0.1, 0.15) is 6.07 Å². The van der Waals surface area contributed by atoms with Gasteiger partial charge >= 0.3 is 0 Å². The lowest BCUT2D eigenvalue weighted by atomic mass is 10.2. The Balaban J connectivity index is 3.40. The van der Waals surface area contributed by atoms with Gasteiger partial charge in [0.2, 0.25) is 0 Å². The Bertz CT molecular complexity index is 330. The standard InChI is InChI=1S/C7H4BrIN2/c8-6-5(11)2-1-4(3-10)7(6)9/h1-2H,11H2. The number of hydrogen-bond donors (Lipinski definition) is 1. The quantitative estimate of drug-likeness (QED) is 0.589. The third-order valence-electron chi connectivity index (χ3n) is 1.23. The molecule has 1 rings (SSSR count). The third-order valence-corrected chi connectivity index (χ3v) is 3.95. The molecular formula is C7H4BrIN2. The van der Waals surface area contributed by atoms with Gasteiger partial charge in [-0.1, -0.05) is 0 Å². The molecule has 0 atom stereocenters. The Morgan fingerprint density at radius 3 is 2.73 bits per heavy atom. The Morgan fingerprint density at radius 2 is 2.18 bits per heavy atom. The van der Waals surface area contributed by atoms with Crippen LogP contribution < -0.4 is 5.73 Å². The van der Waals surface area contributed by atoms with Crippen molar-refractivity contribution in [2.75, 3.05) is 5.73 Å². The first-order valence-corrected chi connectivity index (χ1v) is 4.67. The molecule has 1 aromatic rings. The first-order chi connectivity index (χ1) is 5.16. The maximum absolute atomic E-state index is 8.62. The minimum absolute atomic E-state index is 0.645. The molecule has 0 radical (unpaired) electrons. The third kappa shape index (κ3) is 1.65. The van der Waals surface area contributed by atoms with Crippen molar-refractivity contribution in [2.24, 2.45) is 0 Å². The molecule has 0 bridgehead atoms. The molecule has 0 fully saturated rings. The molecule has 56 valence electrons. The first-order valence-electron chi connectivity index (χ1n) is 2.80. The van der Waals surface area contributed by atoms with Crippen molar-refractivity contribution in [1.29, 1.82) is 5.26 Å². The zero-order valence-electron chi connectivity index (χ0n) is 5.44. The SMILES string of the molecule is N#Cc1ccc(N)c(Br)c1I. The normalized spacial score (nSPS) is 9.18. The molecule has 0 aliphatic heterocycles. The van der Waals surface area contributed by atoms with Gasteiger partial charge in [-0.25, -0.2) is 0 Å². The molecule has 0 aliphatic carbocycles. The lowest BCUT2D eigenvalue weighted by Crippen LogP contribution is -1.91. The summed E-state index contributed by atoms with van der Waals surface area (Å²) < 4.78 is 1.67. The first kappa shape index (κ1) is 8.81. The average Bonchev–Trinajstić information content (AvgIpc) is 2.01. The van der Waals surface area contributed by atoms with E-state index in [1.165, 1.54) is 0 Å². The maximum Gasteiger partial charge on any atom is 0.100 e. The zero-order chi connectivity index (χ0) is 8.43. The van der Waals surface area contributed by atoms with Gasteiger partial charge in [-0.15, -0.1) is 0 Å². The van der Waals surface area contributed by atoms with Crippen LogP contribution in [0.25, 0.3) is 0 Å². The summed E-state index contributed by atoms with van der Waals surface area (Å²) in [4.78, 5) is 0. The van der Waals surface area contributed by atoms with Crippen LogP contribution in [0.5, 0.6) is 0 Å². The molecule has 2 N–H and O–H groups in total. The Morgan fingerprint density at radius 1 is 1.55 bits per heavy atom. The molecule has 0 unspecified atom stereocenters.